The number of amides is 2. The highest BCUT2D eigenvalue weighted by Gasteiger charge is 2.31. The SMILES string of the molecule is CN(C(=O)OC(C)(C)C)[C@H](Cc1ccccc1)[C@@H](O)CNC[C@H](O)[C@@H](Cc1ccccc1)NC(=O)OC(C)(C)C. The second-order valence-corrected chi connectivity index (χ2v) is 12.1. The van der Waals surface area contributed by atoms with Crippen LogP contribution >= 0.6 is 0 Å². The summed E-state index contributed by atoms with van der Waals surface area (Å²) in [6, 6.07) is 17.9. The Bertz CT molecular complexity index is 1040. The molecule has 0 saturated heterocycles. The minimum absolute atomic E-state index is 0.0958. The molecule has 0 aliphatic rings. The number of ether oxygens (including phenoxy) is 2. The summed E-state index contributed by atoms with van der Waals surface area (Å²) in [5.74, 6) is 0. The first-order valence-electron chi connectivity index (χ1n) is 13.7. The number of hydrogen-bond donors (Lipinski definition) is 4. The van der Waals surface area contributed by atoms with Crippen LogP contribution in [0.3, 0.4) is 0 Å². The van der Waals surface area contributed by atoms with E-state index in [2.05, 4.69) is 10.6 Å². The Morgan fingerprint density at radius 3 is 1.75 bits per heavy atom. The number of aliphatic hydroxyl groups excluding tert-OH is 2. The van der Waals surface area contributed by atoms with Crippen LogP contribution in [0.5, 0.6) is 0 Å². The smallest absolute Gasteiger partial charge is 0.410 e. The van der Waals surface area contributed by atoms with E-state index >= 15 is 0 Å². The van der Waals surface area contributed by atoms with Crippen LogP contribution in [0.15, 0.2) is 60.7 Å². The molecule has 4 N–H and O–H groups in total. The molecule has 0 spiro atoms. The molecule has 0 aliphatic carbocycles. The fourth-order valence-corrected chi connectivity index (χ4v) is 4.12. The molecule has 4 atom stereocenters. The van der Waals surface area contributed by atoms with Crippen LogP contribution in [0, 0.1) is 0 Å². The zero-order chi connectivity index (χ0) is 29.9. The molecule has 0 saturated carbocycles. The average Bonchev–Trinajstić information content (AvgIpc) is 2.85. The van der Waals surface area contributed by atoms with Crippen LogP contribution < -0.4 is 10.6 Å². The molecular formula is C31H47N3O6. The number of hydrogen-bond acceptors (Lipinski definition) is 7. The van der Waals surface area contributed by atoms with Gasteiger partial charge < -0.3 is 35.2 Å². The lowest BCUT2D eigenvalue weighted by Gasteiger charge is -2.34. The Kier molecular flexibility index (Phi) is 12.4. The van der Waals surface area contributed by atoms with E-state index < -0.39 is 47.7 Å². The van der Waals surface area contributed by atoms with E-state index in [9.17, 15) is 19.8 Å². The van der Waals surface area contributed by atoms with Crippen LogP contribution in [0.1, 0.15) is 52.7 Å². The number of aliphatic hydroxyl groups is 2. The van der Waals surface area contributed by atoms with E-state index in [1.54, 1.807) is 48.6 Å². The molecule has 40 heavy (non-hydrogen) atoms. The standard InChI is InChI=1S/C31H47N3O6/c1-30(2,3)39-28(37)33-24(18-22-14-10-8-11-15-22)26(35)20-32-21-27(36)25(19-23-16-12-9-13-17-23)34(7)29(38)40-31(4,5)6/h8-17,24-27,32,35-36H,18-21H2,1-7H3,(H,33,37)/t24-,25-,26+,27+/m1/s1. The van der Waals surface area contributed by atoms with Crippen molar-refractivity contribution >= 4 is 12.2 Å². The Labute approximate surface area is 238 Å². The van der Waals surface area contributed by atoms with Gasteiger partial charge in [-0.15, -0.1) is 0 Å². The van der Waals surface area contributed by atoms with Crippen LogP contribution in [0.25, 0.3) is 0 Å². The van der Waals surface area contributed by atoms with Crippen molar-refractivity contribution in [3.63, 3.8) is 0 Å². The highest BCUT2D eigenvalue weighted by Crippen LogP contribution is 2.16. The van der Waals surface area contributed by atoms with Gasteiger partial charge in [0.15, 0.2) is 0 Å². The summed E-state index contributed by atoms with van der Waals surface area (Å²) >= 11 is 0. The highest BCUT2D eigenvalue weighted by atomic mass is 16.6. The molecule has 2 amide bonds. The normalized spacial score (nSPS) is 14.9. The number of alkyl carbamates (subject to hydrolysis) is 1. The number of benzene rings is 2. The molecule has 0 heterocycles. The van der Waals surface area contributed by atoms with Crippen molar-refractivity contribution in [1.29, 1.82) is 0 Å². The minimum atomic E-state index is -0.976. The van der Waals surface area contributed by atoms with Gasteiger partial charge in [0.2, 0.25) is 0 Å². The molecule has 0 bridgehead atoms. The monoisotopic (exact) mass is 557 g/mol. The molecule has 9 nitrogen and oxygen atoms in total. The maximum absolute atomic E-state index is 12.8. The molecule has 2 aromatic rings. The molecule has 0 radical (unpaired) electrons. The predicted octanol–water partition coefficient (Wildman–Crippen LogP) is 3.91. The maximum atomic E-state index is 12.8. The van der Waals surface area contributed by atoms with Gasteiger partial charge in [-0.2, -0.15) is 0 Å². The van der Waals surface area contributed by atoms with Gasteiger partial charge in [-0.05, 0) is 65.5 Å². The molecule has 0 unspecified atom stereocenters. The van der Waals surface area contributed by atoms with Crippen molar-refractivity contribution in [2.45, 2.75) is 89.9 Å². The van der Waals surface area contributed by atoms with Crippen molar-refractivity contribution in [1.82, 2.24) is 15.5 Å². The molecule has 2 rings (SSSR count). The zero-order valence-electron chi connectivity index (χ0n) is 24.9. The van der Waals surface area contributed by atoms with Crippen molar-refractivity contribution < 1.29 is 29.3 Å². The first kappa shape index (κ1) is 33.1. The van der Waals surface area contributed by atoms with Gasteiger partial charge in [0.05, 0.1) is 24.3 Å². The number of likely N-dealkylation sites (N-methyl/N-ethyl adjacent to an activating group) is 1. The summed E-state index contributed by atoms with van der Waals surface area (Å²) < 4.78 is 10.9. The number of nitrogens with zero attached hydrogens (tertiary/aromatic N) is 1. The van der Waals surface area contributed by atoms with Crippen molar-refractivity contribution in [3.8, 4) is 0 Å². The summed E-state index contributed by atoms with van der Waals surface area (Å²) in [6.07, 6.45) is -2.28. The fraction of sp³-hybridized carbons (Fsp3) is 0.548. The van der Waals surface area contributed by atoms with Gasteiger partial charge in [-0.3, -0.25) is 0 Å². The fourth-order valence-electron chi connectivity index (χ4n) is 4.12. The first-order valence-corrected chi connectivity index (χ1v) is 13.7. The number of carbonyl (C=O) groups excluding carboxylic acids is 2. The predicted molar refractivity (Wildman–Crippen MR) is 156 cm³/mol. The molecule has 222 valence electrons. The van der Waals surface area contributed by atoms with Crippen LogP contribution in [-0.2, 0) is 22.3 Å². The quantitative estimate of drug-likeness (QED) is 0.312. The van der Waals surface area contributed by atoms with E-state index in [4.69, 9.17) is 9.47 Å². The summed E-state index contributed by atoms with van der Waals surface area (Å²) in [5, 5.41) is 28.1. The minimum Gasteiger partial charge on any atom is -0.444 e. The second-order valence-electron chi connectivity index (χ2n) is 12.1. The Morgan fingerprint density at radius 1 is 0.775 bits per heavy atom. The van der Waals surface area contributed by atoms with Gasteiger partial charge in [-0.25, -0.2) is 9.59 Å². The Morgan fingerprint density at radius 2 is 1.25 bits per heavy atom. The Balaban J connectivity index is 2.08. The van der Waals surface area contributed by atoms with Crippen molar-refractivity contribution in [2.24, 2.45) is 0 Å². The molecular weight excluding hydrogens is 510 g/mol. The van der Waals surface area contributed by atoms with Gasteiger partial charge in [-0.1, -0.05) is 60.7 Å². The number of carbonyl (C=O) groups is 2. The van der Waals surface area contributed by atoms with Gasteiger partial charge >= 0.3 is 12.2 Å². The highest BCUT2D eigenvalue weighted by molar-refractivity contribution is 5.68. The summed E-state index contributed by atoms with van der Waals surface area (Å²) in [6.45, 7) is 10.9. The first-order chi connectivity index (χ1) is 18.6. The van der Waals surface area contributed by atoms with Crippen LogP contribution in [-0.4, -0.2) is 82.9 Å². The van der Waals surface area contributed by atoms with E-state index in [1.807, 2.05) is 60.7 Å². The lowest BCUT2D eigenvalue weighted by Crippen LogP contribution is -2.53. The summed E-state index contributed by atoms with van der Waals surface area (Å²) in [7, 11) is 1.61. The molecule has 9 heteroatoms. The molecule has 0 aliphatic heterocycles. The van der Waals surface area contributed by atoms with E-state index in [0.29, 0.717) is 12.8 Å². The van der Waals surface area contributed by atoms with Crippen molar-refractivity contribution in [2.75, 3.05) is 20.1 Å². The van der Waals surface area contributed by atoms with Gasteiger partial charge in [0, 0.05) is 20.1 Å². The number of rotatable bonds is 12. The van der Waals surface area contributed by atoms with Gasteiger partial charge in [0.1, 0.15) is 11.2 Å². The largest absolute Gasteiger partial charge is 0.444 e. The number of nitrogens with one attached hydrogen (secondary N) is 2. The van der Waals surface area contributed by atoms with E-state index in [0.717, 1.165) is 11.1 Å². The summed E-state index contributed by atoms with van der Waals surface area (Å²) in [4.78, 5) is 26.7. The third kappa shape index (κ3) is 12.4. The van der Waals surface area contributed by atoms with Crippen LogP contribution in [0.2, 0.25) is 0 Å². The van der Waals surface area contributed by atoms with Gasteiger partial charge in [0.25, 0.3) is 0 Å². The van der Waals surface area contributed by atoms with E-state index in [-0.39, 0.29) is 13.1 Å². The molecule has 2 aromatic carbocycles. The van der Waals surface area contributed by atoms with Crippen LogP contribution in [0.4, 0.5) is 9.59 Å². The molecule has 0 aromatic heterocycles. The third-order valence-corrected chi connectivity index (χ3v) is 6.08. The molecule has 0 fully saturated rings. The summed E-state index contributed by atoms with van der Waals surface area (Å²) in [5.41, 5.74) is 0.559. The van der Waals surface area contributed by atoms with Crippen molar-refractivity contribution in [3.05, 3.63) is 71.8 Å². The second kappa shape index (κ2) is 15.0. The Hall–Kier alpha value is -3.14. The third-order valence-electron chi connectivity index (χ3n) is 6.08. The topological polar surface area (TPSA) is 120 Å². The zero-order valence-corrected chi connectivity index (χ0v) is 24.9. The van der Waals surface area contributed by atoms with E-state index in [1.165, 1.54) is 4.90 Å². The lowest BCUT2D eigenvalue weighted by molar-refractivity contribution is 0.00162. The average molecular weight is 558 g/mol. The maximum Gasteiger partial charge on any atom is 0.410 e. The lowest BCUT2D eigenvalue weighted by atomic mass is 9.99.